The Morgan fingerprint density at radius 2 is 1.77 bits per heavy atom. The Kier molecular flexibility index (Phi) is 11.3. The van der Waals surface area contributed by atoms with Crippen molar-refractivity contribution in [2.75, 3.05) is 33.2 Å². The van der Waals surface area contributed by atoms with E-state index in [4.69, 9.17) is 9.47 Å². The fourth-order valence-electron chi connectivity index (χ4n) is 2.41. The summed E-state index contributed by atoms with van der Waals surface area (Å²) in [7, 11) is 2.62. The van der Waals surface area contributed by atoms with E-state index in [9.17, 15) is 19.2 Å². The third kappa shape index (κ3) is 12.4. The fourth-order valence-corrected chi connectivity index (χ4v) is 2.41. The van der Waals surface area contributed by atoms with Crippen LogP contribution in [0.4, 0.5) is 4.79 Å². The van der Waals surface area contributed by atoms with Crippen molar-refractivity contribution in [2.45, 2.75) is 39.3 Å². The molecule has 1 rings (SSSR count). The molecule has 31 heavy (non-hydrogen) atoms. The molecule has 0 bridgehead atoms. The van der Waals surface area contributed by atoms with Gasteiger partial charge in [-0.25, -0.2) is 0 Å². The topological polar surface area (TPSA) is 114 Å². The summed E-state index contributed by atoms with van der Waals surface area (Å²) in [5.74, 6) is -1.77. The van der Waals surface area contributed by atoms with E-state index in [0.717, 1.165) is 12.8 Å². The minimum absolute atomic E-state index is 0.0167. The number of carbonyl (C=O) groups excluding carboxylic acids is 4. The number of amides is 2. The van der Waals surface area contributed by atoms with E-state index in [1.54, 1.807) is 20.8 Å². The molecule has 0 atom stereocenters. The predicted octanol–water partition coefficient (Wildman–Crippen LogP) is 0.952. The molecule has 10 heteroatoms. The summed E-state index contributed by atoms with van der Waals surface area (Å²) in [6.45, 7) is 5.72. The molecule has 2 N–H and O–H groups in total. The number of ether oxygens (including phenoxy) is 2. The highest BCUT2D eigenvalue weighted by molar-refractivity contribution is 6.74. The minimum atomic E-state index is -0.611. The Morgan fingerprint density at radius 3 is 2.39 bits per heavy atom. The Morgan fingerprint density at radius 1 is 1.10 bits per heavy atom. The van der Waals surface area contributed by atoms with E-state index in [1.165, 1.54) is 11.9 Å². The van der Waals surface area contributed by atoms with E-state index >= 15 is 0 Å². The van der Waals surface area contributed by atoms with Gasteiger partial charge in [0.2, 0.25) is 17.7 Å². The highest BCUT2D eigenvalue weighted by Crippen LogP contribution is 2.06. The van der Waals surface area contributed by atoms with Crippen molar-refractivity contribution in [1.29, 1.82) is 0 Å². The maximum absolute atomic E-state index is 12.5. The fraction of sp³-hybridized carbons (Fsp3) is 0.524. The van der Waals surface area contributed by atoms with Crippen molar-refractivity contribution in [1.82, 2.24) is 15.5 Å². The van der Waals surface area contributed by atoms with Crippen LogP contribution < -0.4 is 10.6 Å². The van der Waals surface area contributed by atoms with E-state index < -0.39 is 23.3 Å². The summed E-state index contributed by atoms with van der Waals surface area (Å²) in [5, 5.41) is 5.34. The second kappa shape index (κ2) is 13.4. The van der Waals surface area contributed by atoms with Gasteiger partial charge in [-0.2, -0.15) is 0 Å². The van der Waals surface area contributed by atoms with Gasteiger partial charge in [-0.1, -0.05) is 30.3 Å². The van der Waals surface area contributed by atoms with Gasteiger partial charge in [0.05, 0.1) is 13.1 Å². The molecule has 0 aliphatic carbocycles. The van der Waals surface area contributed by atoms with Gasteiger partial charge < -0.3 is 25.0 Å². The van der Waals surface area contributed by atoms with Crippen LogP contribution in [-0.4, -0.2) is 74.7 Å². The average molecular weight is 432 g/mol. The zero-order valence-electron chi connectivity index (χ0n) is 18.6. The summed E-state index contributed by atoms with van der Waals surface area (Å²) < 4.78 is 10.3. The number of hydrogen-bond donors (Lipinski definition) is 2. The summed E-state index contributed by atoms with van der Waals surface area (Å²) in [4.78, 5) is 49.1. The van der Waals surface area contributed by atoms with Crippen molar-refractivity contribution < 1.29 is 28.7 Å². The van der Waals surface area contributed by atoms with Crippen LogP contribution >= 0.6 is 0 Å². The molecule has 0 aliphatic heterocycles. The molecular weight excluding hydrogens is 401 g/mol. The van der Waals surface area contributed by atoms with E-state index in [2.05, 4.69) is 10.6 Å². The number of nitrogens with one attached hydrogen (secondary N) is 2. The molecule has 2 amide bonds. The third-order valence-electron chi connectivity index (χ3n) is 3.88. The molecule has 1 aromatic carbocycles. The molecule has 0 fully saturated rings. The smallest absolute Gasteiger partial charge is 0.320 e. The molecule has 0 heterocycles. The maximum atomic E-state index is 12.5. The number of carbonyl (C=O) groups is 4. The van der Waals surface area contributed by atoms with E-state index in [1.807, 2.05) is 30.3 Å². The molecule has 0 saturated carbocycles. The van der Waals surface area contributed by atoms with E-state index in [0.29, 0.717) is 0 Å². The lowest BCUT2D eigenvalue weighted by molar-refractivity contribution is -0.153. The molecule has 0 saturated heterocycles. The van der Waals surface area contributed by atoms with Gasteiger partial charge in [0, 0.05) is 26.5 Å². The second-order valence-corrected chi connectivity index (χ2v) is 7.75. The van der Waals surface area contributed by atoms with E-state index in [-0.39, 0.29) is 45.0 Å². The standard InChI is InChI=1S/C21H31BN3O6/c1-21(2,3)31-19(28)13-24-10-11-25(14-17(26)23-4)18(27)12-22-20(29)30-15-16-8-6-5-7-9-16/h5-9,24H,10-15H2,1-4H3,(H,23,26). The normalized spacial score (nSPS) is 10.7. The average Bonchev–Trinajstić information content (AvgIpc) is 2.71. The molecule has 0 unspecified atom stereocenters. The van der Waals surface area contributed by atoms with Gasteiger partial charge in [-0.05, 0) is 26.3 Å². The van der Waals surface area contributed by atoms with Crippen LogP contribution in [0, 0.1) is 0 Å². The molecular formula is C21H31BN3O6. The number of likely N-dealkylation sites (N-methyl/N-ethyl adjacent to an activating group) is 1. The quantitative estimate of drug-likeness (QED) is 0.287. The van der Waals surface area contributed by atoms with Crippen LogP contribution in [0.15, 0.2) is 30.3 Å². The predicted molar refractivity (Wildman–Crippen MR) is 117 cm³/mol. The monoisotopic (exact) mass is 432 g/mol. The maximum Gasteiger partial charge on any atom is 0.320 e. The molecule has 0 aliphatic rings. The number of nitrogens with zero attached hydrogens (tertiary/aromatic N) is 1. The Balaban J connectivity index is 2.43. The van der Waals surface area contributed by atoms with Crippen LogP contribution in [0.2, 0.25) is 6.32 Å². The van der Waals surface area contributed by atoms with Crippen LogP contribution in [-0.2, 0) is 30.5 Å². The SMILES string of the molecule is CNC(=O)CN(CCNCC(=O)OC(C)(C)C)C(=O)C[B]C(=O)OCc1ccccc1. The first-order valence-electron chi connectivity index (χ1n) is 10.1. The number of hydrogen-bond acceptors (Lipinski definition) is 7. The molecule has 169 valence electrons. The van der Waals surface area contributed by atoms with Gasteiger partial charge in [-0.15, -0.1) is 0 Å². The number of benzene rings is 1. The van der Waals surface area contributed by atoms with Crippen molar-refractivity contribution in [3.63, 3.8) is 0 Å². The van der Waals surface area contributed by atoms with Crippen molar-refractivity contribution in [3.05, 3.63) is 35.9 Å². The molecule has 0 aromatic heterocycles. The zero-order valence-corrected chi connectivity index (χ0v) is 18.6. The summed E-state index contributed by atoms with van der Waals surface area (Å²) in [6, 6.07) is 9.19. The molecule has 1 aromatic rings. The summed E-state index contributed by atoms with van der Waals surface area (Å²) >= 11 is 0. The second-order valence-electron chi connectivity index (χ2n) is 7.75. The lowest BCUT2D eigenvalue weighted by Gasteiger charge is -2.22. The van der Waals surface area contributed by atoms with Crippen LogP contribution in [0.25, 0.3) is 0 Å². The first-order chi connectivity index (χ1) is 14.6. The summed E-state index contributed by atoms with van der Waals surface area (Å²) in [6.07, 6.45) is -0.198. The molecule has 1 radical (unpaired) electrons. The Bertz CT molecular complexity index is 736. The Hall–Kier alpha value is -2.88. The lowest BCUT2D eigenvalue weighted by Crippen LogP contribution is -2.44. The largest absolute Gasteiger partial charge is 0.469 e. The van der Waals surface area contributed by atoms with Crippen LogP contribution in [0.1, 0.15) is 26.3 Å². The van der Waals surface area contributed by atoms with Gasteiger partial charge in [-0.3, -0.25) is 19.2 Å². The molecule has 9 nitrogen and oxygen atoms in total. The lowest BCUT2D eigenvalue weighted by atomic mass is 9.74. The molecule has 0 spiro atoms. The van der Waals surface area contributed by atoms with Crippen LogP contribution in [0.5, 0.6) is 0 Å². The van der Waals surface area contributed by atoms with Crippen LogP contribution in [0.3, 0.4) is 0 Å². The summed E-state index contributed by atoms with van der Waals surface area (Å²) in [5.41, 5.74) is 0.262. The number of rotatable bonds is 12. The third-order valence-corrected chi connectivity index (χ3v) is 3.88. The zero-order chi connectivity index (χ0) is 23.3. The highest BCUT2D eigenvalue weighted by atomic mass is 16.6. The van der Waals surface area contributed by atoms with Gasteiger partial charge in [0.25, 0.3) is 7.28 Å². The van der Waals surface area contributed by atoms with Gasteiger partial charge >= 0.3 is 5.97 Å². The van der Waals surface area contributed by atoms with Gasteiger partial charge in [0.1, 0.15) is 12.2 Å². The Labute approximate surface area is 184 Å². The van der Waals surface area contributed by atoms with Crippen molar-refractivity contribution in [3.8, 4) is 0 Å². The van der Waals surface area contributed by atoms with Crippen molar-refractivity contribution >= 4 is 30.9 Å². The first kappa shape index (κ1) is 26.2. The minimum Gasteiger partial charge on any atom is -0.469 e. The highest BCUT2D eigenvalue weighted by Gasteiger charge is 2.20. The van der Waals surface area contributed by atoms with Crippen molar-refractivity contribution in [2.24, 2.45) is 0 Å². The first-order valence-corrected chi connectivity index (χ1v) is 10.1. The number of esters is 1. The van der Waals surface area contributed by atoms with Gasteiger partial charge in [0.15, 0.2) is 0 Å².